The van der Waals surface area contributed by atoms with Crippen molar-refractivity contribution < 1.29 is 4.74 Å². The smallest absolute Gasteiger partial charge is 0.188 e. The first-order chi connectivity index (χ1) is 8.33. The molecule has 4 heteroatoms. The zero-order chi connectivity index (χ0) is 12.3. The molecule has 0 spiro atoms. The fraction of sp³-hybridized carbons (Fsp3) is 0.923. The number of nitrogens with one attached hydrogen (secondary N) is 1. The minimum absolute atomic E-state index is 0.556. The van der Waals surface area contributed by atoms with Crippen LogP contribution in [0.2, 0.25) is 0 Å². The van der Waals surface area contributed by atoms with E-state index in [1.165, 1.54) is 32.1 Å². The van der Waals surface area contributed by atoms with Crippen LogP contribution in [0.5, 0.6) is 0 Å². The number of unbranched alkanes of at least 4 members (excludes halogenated alkanes) is 2. The fourth-order valence-electron chi connectivity index (χ4n) is 2.24. The molecule has 0 heterocycles. The zero-order valence-electron chi connectivity index (χ0n) is 11.1. The molecule has 0 saturated heterocycles. The summed E-state index contributed by atoms with van der Waals surface area (Å²) in [5.41, 5.74) is 5.86. The molecule has 1 fully saturated rings. The molecule has 1 rings (SSSR count). The summed E-state index contributed by atoms with van der Waals surface area (Å²) < 4.78 is 5.00. The monoisotopic (exact) mass is 241 g/mol. The molecule has 1 saturated carbocycles. The first kappa shape index (κ1) is 14.3. The highest BCUT2D eigenvalue weighted by Gasteiger charge is 2.12. The van der Waals surface area contributed by atoms with Crippen molar-refractivity contribution in [3.63, 3.8) is 0 Å². The fourth-order valence-corrected chi connectivity index (χ4v) is 2.24. The number of guanidine groups is 1. The third-order valence-electron chi connectivity index (χ3n) is 3.25. The molecule has 0 unspecified atom stereocenters. The van der Waals surface area contributed by atoms with E-state index in [1.54, 1.807) is 7.11 Å². The van der Waals surface area contributed by atoms with Gasteiger partial charge in [-0.25, -0.2) is 0 Å². The Hall–Kier alpha value is -0.770. The summed E-state index contributed by atoms with van der Waals surface area (Å²) in [5, 5.41) is 3.32. The van der Waals surface area contributed by atoms with E-state index in [2.05, 4.69) is 10.3 Å². The molecule has 0 aromatic carbocycles. The SMILES string of the molecule is COCCCCCN=C(N)NC1CCCCC1. The van der Waals surface area contributed by atoms with Gasteiger partial charge in [0.2, 0.25) is 0 Å². The van der Waals surface area contributed by atoms with E-state index in [4.69, 9.17) is 10.5 Å². The van der Waals surface area contributed by atoms with Gasteiger partial charge in [-0.2, -0.15) is 0 Å². The predicted molar refractivity (Wildman–Crippen MR) is 72.2 cm³/mol. The van der Waals surface area contributed by atoms with Crippen LogP contribution < -0.4 is 11.1 Å². The second-order valence-corrected chi connectivity index (χ2v) is 4.80. The van der Waals surface area contributed by atoms with Gasteiger partial charge in [-0.15, -0.1) is 0 Å². The van der Waals surface area contributed by atoms with Gasteiger partial charge in [0.05, 0.1) is 0 Å². The van der Waals surface area contributed by atoms with Crippen LogP contribution in [-0.2, 0) is 4.74 Å². The molecule has 3 N–H and O–H groups in total. The highest BCUT2D eigenvalue weighted by molar-refractivity contribution is 5.78. The second-order valence-electron chi connectivity index (χ2n) is 4.80. The minimum Gasteiger partial charge on any atom is -0.385 e. The summed E-state index contributed by atoms with van der Waals surface area (Å²) >= 11 is 0. The molecule has 0 bridgehead atoms. The highest BCUT2D eigenvalue weighted by atomic mass is 16.5. The molecular formula is C13H27N3O. The van der Waals surface area contributed by atoms with Gasteiger partial charge in [-0.1, -0.05) is 19.3 Å². The normalized spacial score (nSPS) is 18.3. The Kier molecular flexibility index (Phi) is 7.80. The van der Waals surface area contributed by atoms with Crippen molar-refractivity contribution in [1.29, 1.82) is 0 Å². The Morgan fingerprint density at radius 3 is 2.71 bits per heavy atom. The summed E-state index contributed by atoms with van der Waals surface area (Å²) in [6.07, 6.45) is 9.86. The van der Waals surface area contributed by atoms with Crippen molar-refractivity contribution in [3.8, 4) is 0 Å². The van der Waals surface area contributed by atoms with E-state index >= 15 is 0 Å². The predicted octanol–water partition coefficient (Wildman–Crippen LogP) is 2.04. The zero-order valence-corrected chi connectivity index (χ0v) is 11.1. The average molecular weight is 241 g/mol. The molecule has 17 heavy (non-hydrogen) atoms. The maximum atomic E-state index is 5.86. The second kappa shape index (κ2) is 9.28. The number of nitrogens with two attached hydrogens (primary N) is 1. The Morgan fingerprint density at radius 1 is 1.24 bits per heavy atom. The van der Waals surface area contributed by atoms with Crippen molar-refractivity contribution in [3.05, 3.63) is 0 Å². The number of rotatable bonds is 7. The van der Waals surface area contributed by atoms with Gasteiger partial charge in [-0.3, -0.25) is 4.99 Å². The van der Waals surface area contributed by atoms with E-state index in [0.29, 0.717) is 12.0 Å². The van der Waals surface area contributed by atoms with Crippen LogP contribution in [0.3, 0.4) is 0 Å². The summed E-state index contributed by atoms with van der Waals surface area (Å²) in [7, 11) is 1.74. The Labute approximate surface area is 105 Å². The van der Waals surface area contributed by atoms with Gasteiger partial charge in [-0.05, 0) is 32.1 Å². The molecule has 0 atom stereocenters. The maximum absolute atomic E-state index is 5.86. The summed E-state index contributed by atoms with van der Waals surface area (Å²) in [6.45, 7) is 1.68. The number of hydrogen-bond acceptors (Lipinski definition) is 2. The number of aliphatic imine (C=N–C) groups is 1. The lowest BCUT2D eigenvalue weighted by atomic mass is 9.96. The number of methoxy groups -OCH3 is 1. The highest BCUT2D eigenvalue weighted by Crippen LogP contribution is 2.16. The Bertz CT molecular complexity index is 213. The van der Waals surface area contributed by atoms with Gasteiger partial charge < -0.3 is 15.8 Å². The van der Waals surface area contributed by atoms with Crippen molar-refractivity contribution in [2.24, 2.45) is 10.7 Å². The van der Waals surface area contributed by atoms with Crippen LogP contribution in [0.1, 0.15) is 51.4 Å². The van der Waals surface area contributed by atoms with E-state index in [-0.39, 0.29) is 0 Å². The van der Waals surface area contributed by atoms with Crippen molar-refractivity contribution in [2.75, 3.05) is 20.3 Å². The number of hydrogen-bond donors (Lipinski definition) is 2. The topological polar surface area (TPSA) is 59.6 Å². The first-order valence-corrected chi connectivity index (χ1v) is 6.88. The lowest BCUT2D eigenvalue weighted by Gasteiger charge is -2.23. The van der Waals surface area contributed by atoms with Crippen LogP contribution >= 0.6 is 0 Å². The largest absolute Gasteiger partial charge is 0.385 e. The van der Waals surface area contributed by atoms with E-state index < -0.39 is 0 Å². The van der Waals surface area contributed by atoms with Crippen LogP contribution in [0.15, 0.2) is 4.99 Å². The van der Waals surface area contributed by atoms with Gasteiger partial charge in [0.15, 0.2) is 5.96 Å². The summed E-state index contributed by atoms with van der Waals surface area (Å²) in [4.78, 5) is 4.36. The van der Waals surface area contributed by atoms with Gasteiger partial charge in [0.25, 0.3) is 0 Å². The molecule has 0 aromatic heterocycles. The van der Waals surface area contributed by atoms with Gasteiger partial charge in [0, 0.05) is 26.3 Å². The third kappa shape index (κ3) is 7.21. The Balaban J connectivity index is 2.03. The molecule has 0 aliphatic heterocycles. The molecule has 4 nitrogen and oxygen atoms in total. The van der Waals surface area contributed by atoms with Gasteiger partial charge in [0.1, 0.15) is 0 Å². The van der Waals surface area contributed by atoms with Crippen molar-refractivity contribution in [2.45, 2.75) is 57.4 Å². The lowest BCUT2D eigenvalue weighted by Crippen LogP contribution is -2.41. The molecule has 100 valence electrons. The van der Waals surface area contributed by atoms with Crippen LogP contribution in [0, 0.1) is 0 Å². The first-order valence-electron chi connectivity index (χ1n) is 6.88. The number of ether oxygens (including phenoxy) is 1. The van der Waals surface area contributed by atoms with Crippen molar-refractivity contribution in [1.82, 2.24) is 5.32 Å². The quantitative estimate of drug-likeness (QED) is 0.407. The lowest BCUT2D eigenvalue weighted by molar-refractivity contribution is 0.192. The van der Waals surface area contributed by atoms with Crippen molar-refractivity contribution >= 4 is 5.96 Å². The molecule has 1 aliphatic carbocycles. The molecule has 0 aromatic rings. The van der Waals surface area contributed by atoms with E-state index in [9.17, 15) is 0 Å². The molecule has 1 aliphatic rings. The third-order valence-corrected chi connectivity index (χ3v) is 3.25. The summed E-state index contributed by atoms with van der Waals surface area (Å²) in [5.74, 6) is 0.628. The maximum Gasteiger partial charge on any atom is 0.188 e. The van der Waals surface area contributed by atoms with E-state index in [0.717, 1.165) is 32.4 Å². The minimum atomic E-state index is 0.556. The summed E-state index contributed by atoms with van der Waals surface area (Å²) in [6, 6.07) is 0.556. The van der Waals surface area contributed by atoms with Crippen LogP contribution in [0.25, 0.3) is 0 Å². The standard InChI is InChI=1S/C13H27N3O/c1-17-11-7-3-6-10-15-13(14)16-12-8-4-2-5-9-12/h12H,2-11H2,1H3,(H3,14,15,16). The molecular weight excluding hydrogens is 214 g/mol. The van der Waals surface area contributed by atoms with E-state index in [1.807, 2.05) is 0 Å². The molecule has 0 amide bonds. The van der Waals surface area contributed by atoms with Crippen LogP contribution in [0.4, 0.5) is 0 Å². The average Bonchev–Trinajstić information content (AvgIpc) is 2.35. The number of nitrogens with zero attached hydrogens (tertiary/aromatic N) is 1. The van der Waals surface area contributed by atoms with Gasteiger partial charge >= 0.3 is 0 Å². The Morgan fingerprint density at radius 2 is 2.00 bits per heavy atom. The molecule has 0 radical (unpaired) electrons. The van der Waals surface area contributed by atoms with Crippen LogP contribution in [-0.4, -0.2) is 32.3 Å².